The maximum absolute atomic E-state index is 3.61. The molecule has 0 fully saturated rings. The molecule has 0 aromatic heterocycles. The van der Waals surface area contributed by atoms with Crippen molar-refractivity contribution in [1.82, 2.24) is 20.0 Å². The Bertz CT molecular complexity index is 433. The fraction of sp³-hybridized carbons (Fsp3) is 0.538. The Morgan fingerprint density at radius 1 is 1.12 bits per heavy atom. The predicted octanol–water partition coefficient (Wildman–Crippen LogP) is 1.09. The van der Waals surface area contributed by atoms with Crippen molar-refractivity contribution in [3.05, 3.63) is 35.2 Å². The van der Waals surface area contributed by atoms with Crippen LogP contribution in [0.3, 0.4) is 0 Å². The van der Waals surface area contributed by atoms with Crippen LogP contribution in [0.2, 0.25) is 0 Å². The lowest BCUT2D eigenvalue weighted by Crippen LogP contribution is -2.46. The highest BCUT2D eigenvalue weighted by Gasteiger charge is 2.30. The van der Waals surface area contributed by atoms with Gasteiger partial charge in [-0.1, -0.05) is 6.08 Å². The lowest BCUT2D eigenvalue weighted by atomic mass is 10.1. The van der Waals surface area contributed by atoms with E-state index in [2.05, 4.69) is 53.3 Å². The molecule has 0 aromatic rings. The van der Waals surface area contributed by atoms with Crippen LogP contribution < -0.4 is 5.32 Å². The van der Waals surface area contributed by atoms with Crippen molar-refractivity contribution in [2.24, 2.45) is 0 Å². The fourth-order valence-corrected chi connectivity index (χ4v) is 2.80. The van der Waals surface area contributed by atoms with E-state index in [0.29, 0.717) is 0 Å². The van der Waals surface area contributed by atoms with Gasteiger partial charge in [0.15, 0.2) is 0 Å². The highest BCUT2D eigenvalue weighted by molar-refractivity contribution is 5.37. The minimum absolute atomic E-state index is 0.978. The predicted molar refractivity (Wildman–Crippen MR) is 68.6 cm³/mol. The number of rotatable bonds is 0. The molecular formula is C13H20N4. The molecule has 0 saturated carbocycles. The summed E-state index contributed by atoms with van der Waals surface area (Å²) in [6.07, 6.45) is 6.84. The first-order valence-electron chi connectivity index (χ1n) is 6.25. The molecule has 3 rings (SSSR count). The van der Waals surface area contributed by atoms with Crippen molar-refractivity contribution in [3.8, 4) is 0 Å². The van der Waals surface area contributed by atoms with Gasteiger partial charge in [-0.3, -0.25) is 0 Å². The molecule has 0 amide bonds. The van der Waals surface area contributed by atoms with Crippen LogP contribution in [0.25, 0.3) is 0 Å². The normalized spacial score (nSPS) is 23.8. The van der Waals surface area contributed by atoms with Gasteiger partial charge in [0.25, 0.3) is 0 Å². The lowest BCUT2D eigenvalue weighted by molar-refractivity contribution is 0.273. The Kier molecular flexibility index (Phi) is 2.31. The van der Waals surface area contributed by atoms with Gasteiger partial charge in [0.05, 0.1) is 11.4 Å². The lowest BCUT2D eigenvalue weighted by Gasteiger charge is -2.43. The zero-order valence-corrected chi connectivity index (χ0v) is 10.8. The van der Waals surface area contributed by atoms with E-state index in [1.54, 1.807) is 0 Å². The standard InChI is InChI=1S/C13H20N4/c1-15-8-4-6-10-12(15)14-13-11(17(10)3)7-5-9-16(13)2/h4,6,14H,5,7-9H2,1-3H3. The van der Waals surface area contributed by atoms with Crippen LogP contribution in [0.4, 0.5) is 0 Å². The smallest absolute Gasteiger partial charge is 0.131 e. The molecule has 0 radical (unpaired) electrons. The zero-order chi connectivity index (χ0) is 12.0. The average molecular weight is 232 g/mol. The second-order valence-corrected chi connectivity index (χ2v) is 5.02. The van der Waals surface area contributed by atoms with Crippen molar-refractivity contribution < 1.29 is 0 Å². The van der Waals surface area contributed by atoms with E-state index in [9.17, 15) is 0 Å². The summed E-state index contributed by atoms with van der Waals surface area (Å²) >= 11 is 0. The minimum Gasteiger partial charge on any atom is -0.360 e. The molecule has 3 aliphatic rings. The molecule has 0 saturated heterocycles. The fourth-order valence-electron chi connectivity index (χ4n) is 2.80. The highest BCUT2D eigenvalue weighted by Crippen LogP contribution is 2.32. The summed E-state index contributed by atoms with van der Waals surface area (Å²) in [4.78, 5) is 6.92. The summed E-state index contributed by atoms with van der Waals surface area (Å²) in [5.41, 5.74) is 2.70. The van der Waals surface area contributed by atoms with Crippen molar-refractivity contribution >= 4 is 0 Å². The van der Waals surface area contributed by atoms with E-state index in [-0.39, 0.29) is 0 Å². The zero-order valence-electron chi connectivity index (χ0n) is 10.8. The first-order chi connectivity index (χ1) is 8.18. The molecule has 4 heteroatoms. The number of nitrogens with zero attached hydrogens (tertiary/aromatic N) is 3. The van der Waals surface area contributed by atoms with Crippen LogP contribution in [-0.4, -0.2) is 48.9 Å². The van der Waals surface area contributed by atoms with E-state index < -0.39 is 0 Å². The first kappa shape index (κ1) is 10.6. The first-order valence-corrected chi connectivity index (χ1v) is 6.25. The van der Waals surface area contributed by atoms with Gasteiger partial charge in [-0.15, -0.1) is 0 Å². The number of hydrogen-bond donors (Lipinski definition) is 1. The summed E-state index contributed by atoms with van der Waals surface area (Å²) < 4.78 is 0. The van der Waals surface area contributed by atoms with Gasteiger partial charge in [-0.25, -0.2) is 0 Å². The second kappa shape index (κ2) is 3.72. The van der Waals surface area contributed by atoms with E-state index in [1.807, 2.05) is 0 Å². The summed E-state index contributed by atoms with van der Waals surface area (Å²) in [5.74, 6) is 2.50. The topological polar surface area (TPSA) is 21.8 Å². The Morgan fingerprint density at radius 2 is 1.94 bits per heavy atom. The highest BCUT2D eigenvalue weighted by atomic mass is 15.4. The van der Waals surface area contributed by atoms with Gasteiger partial charge in [0, 0.05) is 34.2 Å². The molecule has 0 atom stereocenters. The summed E-state index contributed by atoms with van der Waals surface area (Å²) in [7, 11) is 6.47. The molecule has 3 heterocycles. The van der Waals surface area contributed by atoms with Crippen molar-refractivity contribution in [2.75, 3.05) is 34.2 Å². The number of likely N-dealkylation sites (N-methyl/N-ethyl adjacent to an activating group) is 2. The summed E-state index contributed by atoms with van der Waals surface area (Å²) in [6, 6.07) is 0. The molecule has 1 N–H and O–H groups in total. The molecule has 17 heavy (non-hydrogen) atoms. The van der Waals surface area contributed by atoms with Crippen LogP contribution in [-0.2, 0) is 0 Å². The SMILES string of the molecule is CN1CC=CC2=C1NC1=C(CCCN1C)N2C. The Hall–Kier alpha value is -1.58. The van der Waals surface area contributed by atoms with Gasteiger partial charge in [-0.2, -0.15) is 0 Å². The van der Waals surface area contributed by atoms with E-state index in [0.717, 1.165) is 19.5 Å². The van der Waals surface area contributed by atoms with Crippen LogP contribution >= 0.6 is 0 Å². The number of allylic oxidation sites excluding steroid dienone is 2. The molecule has 3 aliphatic heterocycles. The largest absolute Gasteiger partial charge is 0.360 e. The Labute approximate surface area is 103 Å². The third-order valence-corrected chi connectivity index (χ3v) is 3.84. The van der Waals surface area contributed by atoms with Gasteiger partial charge in [0.1, 0.15) is 11.6 Å². The van der Waals surface area contributed by atoms with Crippen LogP contribution in [0.15, 0.2) is 35.2 Å². The molecule has 4 nitrogen and oxygen atoms in total. The molecule has 0 spiro atoms. The molecule has 0 aromatic carbocycles. The Morgan fingerprint density at radius 3 is 2.76 bits per heavy atom. The van der Waals surface area contributed by atoms with Gasteiger partial charge in [0.2, 0.25) is 0 Å². The minimum atomic E-state index is 0.978. The summed E-state index contributed by atoms with van der Waals surface area (Å²) in [5, 5.41) is 3.61. The van der Waals surface area contributed by atoms with Crippen molar-refractivity contribution in [3.63, 3.8) is 0 Å². The van der Waals surface area contributed by atoms with E-state index >= 15 is 0 Å². The second-order valence-electron chi connectivity index (χ2n) is 5.02. The number of nitrogens with one attached hydrogen (secondary N) is 1. The van der Waals surface area contributed by atoms with Crippen molar-refractivity contribution in [1.29, 1.82) is 0 Å². The van der Waals surface area contributed by atoms with E-state index in [1.165, 1.54) is 29.5 Å². The number of hydrogen-bond acceptors (Lipinski definition) is 4. The van der Waals surface area contributed by atoms with Gasteiger partial charge < -0.3 is 20.0 Å². The quantitative estimate of drug-likeness (QED) is 0.675. The molecule has 0 aliphatic carbocycles. The monoisotopic (exact) mass is 232 g/mol. The van der Waals surface area contributed by atoms with Gasteiger partial charge >= 0.3 is 0 Å². The van der Waals surface area contributed by atoms with Crippen LogP contribution in [0, 0.1) is 0 Å². The molecule has 0 unspecified atom stereocenters. The van der Waals surface area contributed by atoms with E-state index in [4.69, 9.17) is 0 Å². The summed E-state index contributed by atoms with van der Waals surface area (Å²) in [6.45, 7) is 2.12. The van der Waals surface area contributed by atoms with Crippen molar-refractivity contribution in [2.45, 2.75) is 12.8 Å². The third-order valence-electron chi connectivity index (χ3n) is 3.84. The molecular weight excluding hydrogens is 212 g/mol. The molecule has 0 bridgehead atoms. The maximum atomic E-state index is 3.61. The Balaban J connectivity index is 2.01. The average Bonchev–Trinajstić information content (AvgIpc) is 2.32. The third kappa shape index (κ3) is 1.51. The van der Waals surface area contributed by atoms with Crippen LogP contribution in [0.1, 0.15) is 12.8 Å². The van der Waals surface area contributed by atoms with Crippen LogP contribution in [0.5, 0.6) is 0 Å². The maximum Gasteiger partial charge on any atom is 0.131 e. The van der Waals surface area contributed by atoms with Gasteiger partial charge in [-0.05, 0) is 18.9 Å². The molecule has 92 valence electrons.